The van der Waals surface area contributed by atoms with E-state index in [-0.39, 0.29) is 32.2 Å². The van der Waals surface area contributed by atoms with E-state index in [1.54, 1.807) is 53.4 Å². The monoisotopic (exact) mass is 482 g/mol. The molecule has 0 unspecified atom stereocenters. The average molecular weight is 483 g/mol. The van der Waals surface area contributed by atoms with Gasteiger partial charge in [0.15, 0.2) is 0 Å². The molecule has 186 valence electrons. The molecule has 1 fully saturated rings. The largest absolute Gasteiger partial charge is 0.377 e. The fourth-order valence-electron chi connectivity index (χ4n) is 4.10. The van der Waals surface area contributed by atoms with Crippen LogP contribution in [-0.4, -0.2) is 93.5 Å². The second-order valence-electron chi connectivity index (χ2n) is 8.11. The van der Waals surface area contributed by atoms with Crippen LogP contribution in [0.3, 0.4) is 0 Å². The van der Waals surface area contributed by atoms with E-state index >= 15 is 0 Å². The lowest BCUT2D eigenvalue weighted by molar-refractivity contribution is -0.137. The maximum Gasteiger partial charge on any atom is 0.262 e. The molecular formula is C26H30N2O7. The number of benzene rings is 2. The van der Waals surface area contributed by atoms with Gasteiger partial charge in [0.2, 0.25) is 0 Å². The summed E-state index contributed by atoms with van der Waals surface area (Å²) >= 11 is 0. The number of hydrogen-bond donors (Lipinski definition) is 0. The lowest BCUT2D eigenvalue weighted by atomic mass is 10.0. The molecule has 0 saturated carbocycles. The van der Waals surface area contributed by atoms with E-state index in [0.717, 1.165) is 4.90 Å². The minimum Gasteiger partial charge on any atom is -0.377 e. The highest BCUT2D eigenvalue weighted by Gasteiger charge is 2.44. The lowest BCUT2D eigenvalue weighted by Crippen LogP contribution is -2.47. The summed E-state index contributed by atoms with van der Waals surface area (Å²) in [6.07, 6.45) is 0. The maximum atomic E-state index is 13.9. The minimum atomic E-state index is -1.10. The Labute approximate surface area is 204 Å². The van der Waals surface area contributed by atoms with Crippen LogP contribution in [0, 0.1) is 0 Å². The molecule has 2 aromatic rings. The predicted molar refractivity (Wildman–Crippen MR) is 126 cm³/mol. The number of fused-ring (bicyclic) bond motifs is 1. The number of hydrogen-bond acceptors (Lipinski definition) is 7. The van der Waals surface area contributed by atoms with Crippen molar-refractivity contribution in [2.75, 3.05) is 65.9 Å². The number of rotatable bonds is 3. The summed E-state index contributed by atoms with van der Waals surface area (Å²) < 4.78 is 22.2. The van der Waals surface area contributed by atoms with Gasteiger partial charge in [0.25, 0.3) is 17.7 Å². The van der Waals surface area contributed by atoms with Crippen LogP contribution >= 0.6 is 0 Å². The van der Waals surface area contributed by atoms with Gasteiger partial charge in [-0.2, -0.15) is 0 Å². The molecule has 0 aliphatic carbocycles. The summed E-state index contributed by atoms with van der Waals surface area (Å²) in [4.78, 5) is 43.2. The van der Waals surface area contributed by atoms with E-state index in [2.05, 4.69) is 0 Å². The van der Waals surface area contributed by atoms with Gasteiger partial charge in [-0.1, -0.05) is 42.5 Å². The molecule has 3 amide bonds. The van der Waals surface area contributed by atoms with Crippen molar-refractivity contribution in [1.82, 2.24) is 9.80 Å². The van der Waals surface area contributed by atoms with Crippen LogP contribution in [-0.2, 0) is 23.7 Å². The SMILES string of the molecule is O=C([C@@H](c1ccccc1)N1C(=O)c2ccccc2C1=O)N1CCOCCOCCOCCOCC1. The van der Waals surface area contributed by atoms with Crippen molar-refractivity contribution in [1.29, 1.82) is 0 Å². The van der Waals surface area contributed by atoms with Crippen molar-refractivity contribution in [2.45, 2.75) is 6.04 Å². The molecule has 0 N–H and O–H groups in total. The Hall–Kier alpha value is -3.11. The highest BCUT2D eigenvalue weighted by atomic mass is 16.6. The zero-order chi connectivity index (χ0) is 24.5. The Morgan fingerprint density at radius 3 is 1.54 bits per heavy atom. The van der Waals surface area contributed by atoms with Crippen LogP contribution in [0.2, 0.25) is 0 Å². The Morgan fingerprint density at radius 2 is 1.06 bits per heavy atom. The van der Waals surface area contributed by atoms with Crippen LogP contribution in [0.15, 0.2) is 54.6 Å². The molecule has 0 aromatic heterocycles. The fraction of sp³-hybridized carbons (Fsp3) is 0.423. The van der Waals surface area contributed by atoms with Gasteiger partial charge in [-0.05, 0) is 17.7 Å². The average Bonchev–Trinajstić information content (AvgIpc) is 3.12. The first-order valence-electron chi connectivity index (χ1n) is 11.8. The van der Waals surface area contributed by atoms with Gasteiger partial charge in [-0.3, -0.25) is 19.3 Å². The summed E-state index contributed by atoms with van der Waals surface area (Å²) in [5.41, 5.74) is 1.16. The molecule has 35 heavy (non-hydrogen) atoms. The van der Waals surface area contributed by atoms with E-state index in [1.165, 1.54) is 0 Å². The lowest BCUT2D eigenvalue weighted by Gasteiger charge is -2.32. The van der Waals surface area contributed by atoms with Gasteiger partial charge < -0.3 is 23.8 Å². The topological polar surface area (TPSA) is 94.6 Å². The van der Waals surface area contributed by atoms with Gasteiger partial charge in [-0.25, -0.2) is 0 Å². The number of carbonyl (C=O) groups is 3. The number of nitrogens with zero attached hydrogens (tertiary/aromatic N) is 2. The van der Waals surface area contributed by atoms with Crippen LogP contribution in [0.5, 0.6) is 0 Å². The maximum absolute atomic E-state index is 13.9. The van der Waals surface area contributed by atoms with Gasteiger partial charge in [-0.15, -0.1) is 0 Å². The summed E-state index contributed by atoms with van der Waals surface area (Å²) in [5.74, 6) is -1.32. The summed E-state index contributed by atoms with van der Waals surface area (Å²) in [5, 5.41) is 0. The van der Waals surface area contributed by atoms with Gasteiger partial charge >= 0.3 is 0 Å². The van der Waals surface area contributed by atoms with Gasteiger partial charge in [0.05, 0.1) is 64.0 Å². The Morgan fingerprint density at radius 1 is 0.629 bits per heavy atom. The Bertz CT molecular complexity index is 963. The molecule has 0 radical (unpaired) electrons. The van der Waals surface area contributed by atoms with Crippen molar-refractivity contribution in [3.8, 4) is 0 Å². The predicted octanol–water partition coefficient (Wildman–Crippen LogP) is 1.93. The Balaban J connectivity index is 1.58. The molecule has 2 aliphatic heterocycles. The highest BCUT2D eigenvalue weighted by Crippen LogP contribution is 2.32. The van der Waals surface area contributed by atoms with Crippen LogP contribution in [0.1, 0.15) is 32.3 Å². The molecule has 2 aliphatic rings. The fourth-order valence-corrected chi connectivity index (χ4v) is 4.10. The second kappa shape index (κ2) is 12.6. The number of ether oxygens (including phenoxy) is 4. The molecule has 2 aromatic carbocycles. The van der Waals surface area contributed by atoms with E-state index in [4.69, 9.17) is 18.9 Å². The van der Waals surface area contributed by atoms with Crippen molar-refractivity contribution in [3.05, 3.63) is 71.3 Å². The standard InChI is InChI=1S/C26H30N2O7/c29-24-21-8-4-5-9-22(21)25(30)28(24)23(20-6-2-1-3-7-20)26(31)27-10-12-32-14-16-34-18-19-35-17-15-33-13-11-27/h1-9,23H,10-19H2/t23-/m1/s1. The van der Waals surface area contributed by atoms with Crippen molar-refractivity contribution >= 4 is 17.7 Å². The van der Waals surface area contributed by atoms with Gasteiger partial charge in [0.1, 0.15) is 6.04 Å². The summed E-state index contributed by atoms with van der Waals surface area (Å²) in [6.45, 7) is 3.73. The van der Waals surface area contributed by atoms with Gasteiger partial charge in [0, 0.05) is 13.1 Å². The highest BCUT2D eigenvalue weighted by molar-refractivity contribution is 6.22. The first-order valence-corrected chi connectivity index (χ1v) is 11.8. The van der Waals surface area contributed by atoms with Crippen molar-refractivity contribution in [3.63, 3.8) is 0 Å². The first-order chi connectivity index (χ1) is 17.2. The van der Waals surface area contributed by atoms with Crippen molar-refractivity contribution < 1.29 is 33.3 Å². The molecule has 0 spiro atoms. The first kappa shape index (κ1) is 25.0. The van der Waals surface area contributed by atoms with E-state index in [1.807, 2.05) is 6.07 Å². The molecule has 1 atom stereocenters. The molecule has 1 saturated heterocycles. The molecule has 4 rings (SSSR count). The molecule has 9 nitrogen and oxygen atoms in total. The number of imide groups is 1. The zero-order valence-corrected chi connectivity index (χ0v) is 19.6. The van der Waals surface area contributed by atoms with Crippen LogP contribution in [0.25, 0.3) is 0 Å². The minimum absolute atomic E-state index is 0.283. The number of carbonyl (C=O) groups excluding carboxylic acids is 3. The second-order valence-corrected chi connectivity index (χ2v) is 8.11. The quantitative estimate of drug-likeness (QED) is 0.617. The van der Waals surface area contributed by atoms with Crippen molar-refractivity contribution in [2.24, 2.45) is 0 Å². The normalized spacial score (nSPS) is 19.5. The third-order valence-corrected chi connectivity index (χ3v) is 5.87. The molecule has 9 heteroatoms. The third kappa shape index (κ3) is 6.12. The molecule has 0 bridgehead atoms. The van der Waals surface area contributed by atoms with E-state index in [0.29, 0.717) is 56.3 Å². The number of amides is 3. The molecule has 2 heterocycles. The van der Waals surface area contributed by atoms with E-state index < -0.39 is 17.9 Å². The van der Waals surface area contributed by atoms with E-state index in [9.17, 15) is 14.4 Å². The smallest absolute Gasteiger partial charge is 0.262 e. The molecular weight excluding hydrogens is 452 g/mol. The zero-order valence-electron chi connectivity index (χ0n) is 19.6. The van der Waals surface area contributed by atoms with Crippen LogP contribution < -0.4 is 0 Å². The summed E-state index contributed by atoms with van der Waals surface area (Å²) in [7, 11) is 0. The van der Waals surface area contributed by atoms with Crippen LogP contribution in [0.4, 0.5) is 0 Å². The summed E-state index contributed by atoms with van der Waals surface area (Å²) in [6, 6.07) is 14.4. The third-order valence-electron chi connectivity index (χ3n) is 5.87. The Kier molecular flexibility index (Phi) is 8.96.